The molecule has 2 rings (SSSR count). The lowest BCUT2D eigenvalue weighted by atomic mass is 10.3. The van der Waals surface area contributed by atoms with Gasteiger partial charge in [-0.3, -0.25) is 25.7 Å². The lowest BCUT2D eigenvalue weighted by Crippen LogP contribution is -1.91. The smallest absolute Gasteiger partial charge is 0.260 e. The molecular weight excluding hydrogens is 314 g/mol. The average Bonchev–Trinajstić information content (AvgIpc) is 2.49. The van der Waals surface area contributed by atoms with Crippen LogP contribution in [0, 0.1) is 20.2 Å². The van der Waals surface area contributed by atoms with Crippen molar-refractivity contribution in [2.45, 2.75) is 0 Å². The summed E-state index contributed by atoms with van der Waals surface area (Å²) in [6.07, 6.45) is 0. The fourth-order valence-electron chi connectivity index (χ4n) is 1.53. The van der Waals surface area contributed by atoms with Gasteiger partial charge >= 0.3 is 0 Å². The molecule has 1 N–H and O–H groups in total. The maximum atomic E-state index is 10.7. The van der Waals surface area contributed by atoms with E-state index in [1.807, 2.05) is 0 Å². The van der Waals surface area contributed by atoms with Crippen LogP contribution >= 0.6 is 11.6 Å². The third-order valence-electron chi connectivity index (χ3n) is 2.53. The Bertz CT molecular complexity index is 765. The van der Waals surface area contributed by atoms with Crippen LogP contribution in [0.15, 0.2) is 52.8 Å². The summed E-state index contributed by atoms with van der Waals surface area (Å²) >= 11 is 5.67. The van der Waals surface area contributed by atoms with E-state index in [2.05, 4.69) is 15.8 Å². The Morgan fingerprint density at radius 2 is 1.82 bits per heavy atom. The van der Waals surface area contributed by atoms with Crippen LogP contribution in [0.25, 0.3) is 0 Å². The molecular formula is C12H8ClN5O4. The highest BCUT2D eigenvalue weighted by Gasteiger charge is 2.12. The molecule has 22 heavy (non-hydrogen) atoms. The van der Waals surface area contributed by atoms with Crippen LogP contribution in [0.3, 0.4) is 0 Å². The van der Waals surface area contributed by atoms with Gasteiger partial charge in [0.15, 0.2) is 0 Å². The maximum Gasteiger partial charge on any atom is 0.290 e. The standard InChI is InChI=1S/C12H8ClN5O4/c13-11-5-4-9(7-12(11)18(21)22)15-16-14-8-2-1-3-10(6-8)17(19)20/h1-7H,(H,14,15). The molecule has 0 heterocycles. The molecule has 0 bridgehead atoms. The van der Waals surface area contributed by atoms with Crippen molar-refractivity contribution < 1.29 is 9.85 Å². The third kappa shape index (κ3) is 3.73. The summed E-state index contributed by atoms with van der Waals surface area (Å²) in [5.74, 6) is 0. The van der Waals surface area contributed by atoms with Crippen molar-refractivity contribution in [3.8, 4) is 0 Å². The Morgan fingerprint density at radius 1 is 1.05 bits per heavy atom. The number of rotatable bonds is 5. The molecule has 0 saturated carbocycles. The Kier molecular flexibility index (Phi) is 4.59. The first kappa shape index (κ1) is 15.3. The number of halogens is 1. The number of anilines is 1. The minimum absolute atomic E-state index is 0.00408. The van der Waals surface area contributed by atoms with Gasteiger partial charge in [0.1, 0.15) is 5.02 Å². The lowest BCUT2D eigenvalue weighted by Gasteiger charge is -1.99. The van der Waals surface area contributed by atoms with E-state index >= 15 is 0 Å². The lowest BCUT2D eigenvalue weighted by molar-refractivity contribution is -0.384. The first-order valence-corrected chi connectivity index (χ1v) is 6.20. The number of nitrogens with one attached hydrogen (secondary N) is 1. The summed E-state index contributed by atoms with van der Waals surface area (Å²) in [6, 6.07) is 9.63. The highest BCUT2D eigenvalue weighted by molar-refractivity contribution is 6.32. The van der Waals surface area contributed by atoms with Crippen LogP contribution < -0.4 is 5.43 Å². The van der Waals surface area contributed by atoms with Crippen molar-refractivity contribution in [1.82, 2.24) is 0 Å². The zero-order valence-electron chi connectivity index (χ0n) is 10.8. The Balaban J connectivity index is 2.13. The molecule has 0 aliphatic heterocycles. The number of nitrogens with zero attached hydrogens (tertiary/aromatic N) is 4. The first-order chi connectivity index (χ1) is 10.5. The van der Waals surface area contributed by atoms with Gasteiger partial charge in [-0.15, -0.1) is 5.11 Å². The molecule has 0 radical (unpaired) electrons. The van der Waals surface area contributed by atoms with Crippen LogP contribution in [0.2, 0.25) is 5.02 Å². The molecule has 0 saturated heterocycles. The molecule has 0 atom stereocenters. The molecule has 10 heteroatoms. The van der Waals surface area contributed by atoms with E-state index < -0.39 is 9.85 Å². The highest BCUT2D eigenvalue weighted by atomic mass is 35.5. The third-order valence-corrected chi connectivity index (χ3v) is 2.85. The Morgan fingerprint density at radius 3 is 2.50 bits per heavy atom. The van der Waals surface area contributed by atoms with E-state index in [4.69, 9.17) is 11.6 Å². The predicted octanol–water partition coefficient (Wildman–Crippen LogP) is 4.27. The fourth-order valence-corrected chi connectivity index (χ4v) is 1.72. The molecule has 0 unspecified atom stereocenters. The van der Waals surface area contributed by atoms with E-state index in [-0.39, 0.29) is 22.1 Å². The van der Waals surface area contributed by atoms with Crippen LogP contribution in [0.1, 0.15) is 0 Å². The minimum Gasteiger partial charge on any atom is -0.260 e. The molecule has 2 aromatic rings. The summed E-state index contributed by atoms with van der Waals surface area (Å²) in [7, 11) is 0. The molecule has 0 aromatic heterocycles. The number of non-ortho nitro benzene ring substituents is 1. The van der Waals surface area contributed by atoms with Gasteiger partial charge in [-0.1, -0.05) is 22.9 Å². The molecule has 0 spiro atoms. The number of hydrogen-bond acceptors (Lipinski definition) is 6. The normalized spacial score (nSPS) is 10.6. The molecule has 0 fully saturated rings. The van der Waals surface area contributed by atoms with Crippen molar-refractivity contribution in [3.05, 3.63) is 67.7 Å². The van der Waals surface area contributed by atoms with E-state index in [0.717, 1.165) is 0 Å². The van der Waals surface area contributed by atoms with Crippen molar-refractivity contribution >= 4 is 34.4 Å². The topological polar surface area (TPSA) is 123 Å². The van der Waals surface area contributed by atoms with Gasteiger partial charge in [0.2, 0.25) is 0 Å². The number of nitro groups is 2. The molecule has 9 nitrogen and oxygen atoms in total. The quantitative estimate of drug-likeness (QED) is 0.500. The van der Waals surface area contributed by atoms with E-state index in [1.165, 1.54) is 36.4 Å². The predicted molar refractivity (Wildman–Crippen MR) is 79.3 cm³/mol. The second-order valence-corrected chi connectivity index (χ2v) is 4.42. The Hall–Kier alpha value is -3.07. The summed E-state index contributed by atoms with van der Waals surface area (Å²) in [6.45, 7) is 0. The van der Waals surface area contributed by atoms with Crippen molar-refractivity contribution in [1.29, 1.82) is 0 Å². The SMILES string of the molecule is O=[N+]([O-])c1cccc(NN=Nc2ccc(Cl)c([N+](=O)[O-])c2)c1. The molecule has 0 aliphatic rings. The van der Waals surface area contributed by atoms with Gasteiger partial charge < -0.3 is 0 Å². The largest absolute Gasteiger partial charge is 0.290 e. The van der Waals surface area contributed by atoms with Crippen molar-refractivity contribution in [2.24, 2.45) is 10.3 Å². The van der Waals surface area contributed by atoms with Gasteiger partial charge in [0, 0.05) is 18.2 Å². The average molecular weight is 322 g/mol. The second kappa shape index (κ2) is 6.59. The van der Waals surface area contributed by atoms with Gasteiger partial charge in [-0.05, 0) is 18.2 Å². The molecule has 0 aliphatic carbocycles. The van der Waals surface area contributed by atoms with Gasteiger partial charge in [0.25, 0.3) is 11.4 Å². The Labute approximate surface area is 128 Å². The molecule has 2 aromatic carbocycles. The van der Waals surface area contributed by atoms with Crippen LogP contribution in [-0.2, 0) is 0 Å². The summed E-state index contributed by atoms with van der Waals surface area (Å²) in [4.78, 5) is 20.2. The number of benzene rings is 2. The number of hydrogen-bond donors (Lipinski definition) is 1. The van der Waals surface area contributed by atoms with E-state index in [1.54, 1.807) is 6.07 Å². The maximum absolute atomic E-state index is 10.7. The van der Waals surface area contributed by atoms with Gasteiger partial charge in [-0.25, -0.2) is 0 Å². The van der Waals surface area contributed by atoms with E-state index in [0.29, 0.717) is 5.69 Å². The summed E-state index contributed by atoms with van der Waals surface area (Å²) in [5.41, 5.74) is 2.70. The zero-order chi connectivity index (χ0) is 16.1. The van der Waals surface area contributed by atoms with Crippen LogP contribution in [0.4, 0.5) is 22.7 Å². The molecule has 112 valence electrons. The zero-order valence-corrected chi connectivity index (χ0v) is 11.6. The minimum atomic E-state index is -0.630. The van der Waals surface area contributed by atoms with E-state index in [9.17, 15) is 20.2 Å². The first-order valence-electron chi connectivity index (χ1n) is 5.82. The summed E-state index contributed by atoms with van der Waals surface area (Å²) in [5, 5.41) is 28.7. The van der Waals surface area contributed by atoms with Crippen molar-refractivity contribution in [2.75, 3.05) is 5.43 Å². The van der Waals surface area contributed by atoms with Crippen LogP contribution in [0.5, 0.6) is 0 Å². The van der Waals surface area contributed by atoms with Gasteiger partial charge in [0.05, 0.1) is 21.2 Å². The van der Waals surface area contributed by atoms with Crippen LogP contribution in [-0.4, -0.2) is 9.85 Å². The van der Waals surface area contributed by atoms with Crippen molar-refractivity contribution in [3.63, 3.8) is 0 Å². The second-order valence-electron chi connectivity index (χ2n) is 4.01. The number of nitro benzene ring substituents is 2. The monoisotopic (exact) mass is 321 g/mol. The summed E-state index contributed by atoms with van der Waals surface area (Å²) < 4.78 is 0. The highest BCUT2D eigenvalue weighted by Crippen LogP contribution is 2.29. The molecule has 0 amide bonds. The van der Waals surface area contributed by atoms with Gasteiger partial charge in [-0.2, -0.15) is 0 Å². The fraction of sp³-hybridized carbons (Fsp3) is 0.